The zero-order chi connectivity index (χ0) is 24.5. The van der Waals surface area contributed by atoms with Crippen molar-refractivity contribution >= 4 is 29.4 Å². The summed E-state index contributed by atoms with van der Waals surface area (Å²) in [6.07, 6.45) is -2.69. The van der Waals surface area contributed by atoms with Gasteiger partial charge in [0, 0.05) is 0 Å². The highest BCUT2D eigenvalue weighted by atomic mass is 16.8. The van der Waals surface area contributed by atoms with E-state index in [1.54, 1.807) is 39.8 Å². The number of esters is 2. The van der Waals surface area contributed by atoms with Crippen LogP contribution in [-0.2, 0) is 38.9 Å². The van der Waals surface area contributed by atoms with E-state index < -0.39 is 53.0 Å². The minimum atomic E-state index is -1.53. The molecule has 3 aliphatic rings. The van der Waals surface area contributed by atoms with E-state index in [0.29, 0.717) is 11.2 Å². The lowest BCUT2D eigenvalue weighted by molar-refractivity contribution is -0.188. The largest absolute Gasteiger partial charge is 0.508 e. The highest BCUT2D eigenvalue weighted by Gasteiger charge is 2.87. The molecular weight excluding hydrogens is 448 g/mol. The third-order valence-electron chi connectivity index (χ3n) is 6.60. The second kappa shape index (κ2) is 7.29. The number of anilines is 1. The lowest BCUT2D eigenvalue weighted by Gasteiger charge is -2.35. The van der Waals surface area contributed by atoms with E-state index in [2.05, 4.69) is 10.1 Å². The van der Waals surface area contributed by atoms with Crippen LogP contribution in [0.2, 0.25) is 0 Å². The normalized spacial score (nSPS) is 34.1. The van der Waals surface area contributed by atoms with Crippen molar-refractivity contribution in [3.63, 3.8) is 0 Å². The molecule has 1 unspecified atom stereocenters. The van der Waals surface area contributed by atoms with Gasteiger partial charge in [-0.1, -0.05) is 13.8 Å². The fourth-order valence-corrected chi connectivity index (χ4v) is 5.09. The first kappa shape index (κ1) is 22.4. The SMILES string of the molecule is CCOC(=O)OC1[C@H]2O[C@@](C)(c3ccc4c(N)ncnn34)[C@@H]3OC(=O)CC(C)(C)CC(=O)O[C@]123. The first-order chi connectivity index (χ1) is 16.0. The molecule has 182 valence electrons. The summed E-state index contributed by atoms with van der Waals surface area (Å²) in [5, 5.41) is 4.27. The summed E-state index contributed by atoms with van der Waals surface area (Å²) in [7, 11) is 0. The monoisotopic (exact) mass is 474 g/mol. The van der Waals surface area contributed by atoms with Gasteiger partial charge in [-0.3, -0.25) is 9.59 Å². The van der Waals surface area contributed by atoms with Crippen LogP contribution < -0.4 is 5.73 Å². The van der Waals surface area contributed by atoms with Crippen LogP contribution in [0.3, 0.4) is 0 Å². The lowest BCUT2D eigenvalue weighted by Crippen LogP contribution is -2.50. The molecule has 1 aliphatic carbocycles. The van der Waals surface area contributed by atoms with Crippen LogP contribution in [-0.4, -0.2) is 63.2 Å². The van der Waals surface area contributed by atoms with Gasteiger partial charge < -0.3 is 29.4 Å². The number of rotatable bonds is 3. The Balaban J connectivity index is 1.60. The van der Waals surface area contributed by atoms with Gasteiger partial charge in [0.15, 0.2) is 18.0 Å². The van der Waals surface area contributed by atoms with E-state index in [9.17, 15) is 14.4 Å². The quantitative estimate of drug-likeness (QED) is 0.508. The van der Waals surface area contributed by atoms with Crippen LogP contribution in [0.15, 0.2) is 18.5 Å². The summed E-state index contributed by atoms with van der Waals surface area (Å²) < 4.78 is 30.0. The molecule has 2 aromatic heterocycles. The van der Waals surface area contributed by atoms with Crippen LogP contribution in [0.1, 0.15) is 46.2 Å². The summed E-state index contributed by atoms with van der Waals surface area (Å²) >= 11 is 0. The Bertz CT molecular complexity index is 1190. The molecule has 1 spiro atoms. The smallest absolute Gasteiger partial charge is 0.454 e. The maximum Gasteiger partial charge on any atom is 0.508 e. The fourth-order valence-electron chi connectivity index (χ4n) is 5.09. The van der Waals surface area contributed by atoms with Gasteiger partial charge in [-0.05, 0) is 31.4 Å². The average molecular weight is 474 g/mol. The van der Waals surface area contributed by atoms with E-state index >= 15 is 0 Å². The maximum absolute atomic E-state index is 13.0. The third-order valence-corrected chi connectivity index (χ3v) is 6.60. The molecule has 12 nitrogen and oxygen atoms in total. The lowest BCUT2D eigenvalue weighted by atomic mass is 9.86. The van der Waals surface area contributed by atoms with Crippen LogP contribution in [0, 0.1) is 5.41 Å². The molecule has 2 saturated heterocycles. The zero-order valence-electron chi connectivity index (χ0n) is 19.3. The van der Waals surface area contributed by atoms with Crippen molar-refractivity contribution < 1.29 is 38.1 Å². The van der Waals surface area contributed by atoms with Crippen molar-refractivity contribution in [2.75, 3.05) is 12.3 Å². The molecule has 5 atom stereocenters. The van der Waals surface area contributed by atoms with Gasteiger partial charge in [-0.2, -0.15) is 5.10 Å². The van der Waals surface area contributed by atoms with E-state index in [0.717, 1.165) is 0 Å². The summed E-state index contributed by atoms with van der Waals surface area (Å²) in [6, 6.07) is 3.45. The van der Waals surface area contributed by atoms with Crippen molar-refractivity contribution in [2.24, 2.45) is 5.41 Å². The predicted molar refractivity (Wildman–Crippen MR) is 113 cm³/mol. The van der Waals surface area contributed by atoms with Crippen LogP contribution >= 0.6 is 0 Å². The number of nitrogen functional groups attached to an aromatic ring is 1. The summed E-state index contributed by atoms with van der Waals surface area (Å²) in [5.74, 6) is -0.821. The van der Waals surface area contributed by atoms with Crippen molar-refractivity contribution in [3.8, 4) is 0 Å². The van der Waals surface area contributed by atoms with E-state index in [1.807, 2.05) is 0 Å². The molecule has 0 amide bonds. The van der Waals surface area contributed by atoms with Crippen molar-refractivity contribution in [1.29, 1.82) is 0 Å². The number of hydrogen-bond donors (Lipinski definition) is 1. The van der Waals surface area contributed by atoms with Crippen LogP contribution in [0.5, 0.6) is 0 Å². The Hall–Kier alpha value is -3.41. The number of carbonyl (C=O) groups excluding carboxylic acids is 3. The van der Waals surface area contributed by atoms with E-state index in [4.69, 9.17) is 29.4 Å². The molecule has 2 aromatic rings. The molecule has 12 heteroatoms. The molecule has 1 saturated carbocycles. The van der Waals surface area contributed by atoms with E-state index in [1.165, 1.54) is 10.8 Å². The second-order valence-electron chi connectivity index (χ2n) is 9.74. The average Bonchev–Trinajstić information content (AvgIpc) is 3.02. The molecule has 0 aromatic carbocycles. The standard InChI is InChI=1S/C22H26N4O8/c1-5-30-19(29)32-15-16-22(15)18(31-13(27)8-20(2,3)9-14(28)33-22)21(4,34-16)12-7-6-11-17(23)24-10-25-26(11)12/h6-7,10,15-16,18H,5,8-9H2,1-4H3,(H2,23,24,25)/t15?,16-,18+,21+,22-/m1/s1. The molecule has 34 heavy (non-hydrogen) atoms. The van der Waals surface area contributed by atoms with Crippen molar-refractivity contribution in [1.82, 2.24) is 14.6 Å². The molecule has 2 aliphatic heterocycles. The minimum Gasteiger partial charge on any atom is -0.454 e. The van der Waals surface area contributed by atoms with Gasteiger partial charge in [0.25, 0.3) is 0 Å². The number of nitrogens with zero attached hydrogens (tertiary/aromatic N) is 3. The molecule has 3 fully saturated rings. The Kier molecular flexibility index (Phi) is 4.80. The van der Waals surface area contributed by atoms with Gasteiger partial charge in [-0.25, -0.2) is 14.3 Å². The molecule has 4 heterocycles. The third kappa shape index (κ3) is 3.19. The summed E-state index contributed by atoms with van der Waals surface area (Å²) in [5.41, 5.74) is 3.49. The first-order valence-corrected chi connectivity index (χ1v) is 11.0. The maximum atomic E-state index is 13.0. The highest BCUT2D eigenvalue weighted by Crippen LogP contribution is 2.63. The van der Waals surface area contributed by atoms with Crippen molar-refractivity contribution in [2.45, 2.75) is 70.1 Å². The Morgan fingerprint density at radius 1 is 1.24 bits per heavy atom. The zero-order valence-corrected chi connectivity index (χ0v) is 19.3. The number of hydrogen-bond acceptors (Lipinski definition) is 11. The molecule has 0 bridgehead atoms. The number of aromatic nitrogens is 3. The van der Waals surface area contributed by atoms with Gasteiger partial charge in [0.05, 0.1) is 25.1 Å². The molecular formula is C22H26N4O8. The molecule has 2 N–H and O–H groups in total. The van der Waals surface area contributed by atoms with Gasteiger partial charge in [0.1, 0.15) is 23.5 Å². The second-order valence-corrected chi connectivity index (χ2v) is 9.74. The number of nitrogens with two attached hydrogens (primary N) is 1. The van der Waals surface area contributed by atoms with Crippen LogP contribution in [0.4, 0.5) is 10.6 Å². The first-order valence-electron chi connectivity index (χ1n) is 11.0. The fraction of sp³-hybridized carbons (Fsp3) is 0.591. The topological polar surface area (TPSA) is 154 Å². The highest BCUT2D eigenvalue weighted by molar-refractivity contribution is 5.77. The number of ether oxygens (including phenoxy) is 5. The molecule has 5 rings (SSSR count). The number of carbonyl (C=O) groups is 3. The summed E-state index contributed by atoms with van der Waals surface area (Å²) in [6.45, 7) is 7.00. The van der Waals surface area contributed by atoms with E-state index in [-0.39, 0.29) is 25.3 Å². The Labute approximate surface area is 194 Å². The summed E-state index contributed by atoms with van der Waals surface area (Å²) in [4.78, 5) is 42.0. The number of fused-ring (bicyclic) bond motifs is 1. The predicted octanol–water partition coefficient (Wildman–Crippen LogP) is 1.49. The van der Waals surface area contributed by atoms with Crippen LogP contribution in [0.25, 0.3) is 5.52 Å². The van der Waals surface area contributed by atoms with Crippen molar-refractivity contribution in [3.05, 3.63) is 24.2 Å². The van der Waals surface area contributed by atoms with Gasteiger partial charge >= 0.3 is 18.1 Å². The van der Waals surface area contributed by atoms with Gasteiger partial charge in [0.2, 0.25) is 5.60 Å². The Morgan fingerprint density at radius 2 is 1.97 bits per heavy atom. The molecule has 0 radical (unpaired) electrons. The Morgan fingerprint density at radius 3 is 2.71 bits per heavy atom. The minimum absolute atomic E-state index is 0.0111. The van der Waals surface area contributed by atoms with Gasteiger partial charge in [-0.15, -0.1) is 0 Å².